The van der Waals surface area contributed by atoms with Gasteiger partial charge in [0.25, 0.3) is 0 Å². The number of unbranched alkanes of at least 4 members (excludes halogenated alkanes) is 1. The van der Waals surface area contributed by atoms with Crippen molar-refractivity contribution >= 4 is 17.4 Å². The molecule has 9 nitrogen and oxygen atoms in total. The van der Waals surface area contributed by atoms with Gasteiger partial charge < -0.3 is 4.74 Å². The van der Waals surface area contributed by atoms with Crippen LogP contribution in [0, 0.1) is 10.1 Å². The minimum atomic E-state index is -0.470. The summed E-state index contributed by atoms with van der Waals surface area (Å²) in [4.78, 5) is 10.3. The molecule has 3 aromatic rings. The highest BCUT2D eigenvalue weighted by Gasteiger charge is 2.15. The minimum Gasteiger partial charge on any atom is -0.494 e. The Morgan fingerprint density at radius 3 is 2.76 bits per heavy atom. The maximum absolute atomic E-state index is 10.8. The van der Waals surface area contributed by atoms with Crippen molar-refractivity contribution in [3.63, 3.8) is 0 Å². The molecule has 0 unspecified atom stereocenters. The van der Waals surface area contributed by atoms with Gasteiger partial charge in [-0.2, -0.15) is 5.10 Å². The Bertz CT molecular complexity index is 967. The summed E-state index contributed by atoms with van der Waals surface area (Å²) >= 11 is 1.39. The molecule has 1 aromatic carbocycles. The average molecular weight is 414 g/mol. The van der Waals surface area contributed by atoms with Crippen molar-refractivity contribution in [1.82, 2.24) is 24.5 Å². The number of nitrogens with zero attached hydrogens (tertiary/aromatic N) is 6. The van der Waals surface area contributed by atoms with Crippen LogP contribution in [0.25, 0.3) is 11.4 Å². The van der Waals surface area contributed by atoms with E-state index in [1.807, 2.05) is 28.8 Å². The maximum Gasteiger partial charge on any atom is 0.307 e. The summed E-state index contributed by atoms with van der Waals surface area (Å²) in [7, 11) is 0. The Balaban J connectivity index is 1.73. The molecule has 10 heteroatoms. The number of hydrogen-bond donors (Lipinski definition) is 0. The number of nitro groups is 1. The predicted molar refractivity (Wildman–Crippen MR) is 111 cm³/mol. The summed E-state index contributed by atoms with van der Waals surface area (Å²) in [5.41, 5.74) is 0.879. The zero-order valence-corrected chi connectivity index (χ0v) is 16.9. The topological polar surface area (TPSA) is 101 Å². The Labute approximate surface area is 172 Å². The molecule has 0 N–H and O–H groups in total. The molecule has 0 atom stereocenters. The van der Waals surface area contributed by atoms with Crippen molar-refractivity contribution in [2.24, 2.45) is 0 Å². The lowest BCUT2D eigenvalue weighted by atomic mass is 10.2. The van der Waals surface area contributed by atoms with Crippen molar-refractivity contribution in [3.05, 3.63) is 59.4 Å². The molecule has 29 heavy (non-hydrogen) atoms. The van der Waals surface area contributed by atoms with Gasteiger partial charge in [-0.15, -0.1) is 16.8 Å². The number of rotatable bonds is 11. The third kappa shape index (κ3) is 5.23. The molecule has 0 radical (unpaired) electrons. The SMILES string of the molecule is C=CCn1c(SCn2cc([N+](=O)[O-])cn2)nnc1-c1ccc(OCCCC)cc1. The van der Waals surface area contributed by atoms with Crippen molar-refractivity contribution in [2.45, 2.75) is 37.3 Å². The standard InChI is InChI=1S/C19H22N6O3S/c1-3-5-11-28-17-8-6-15(7-9-17)18-21-22-19(24(18)10-4-2)29-14-23-13-16(12-20-23)25(26)27/h4,6-9,12-13H,2-3,5,10-11,14H2,1H3. The Morgan fingerprint density at radius 1 is 1.31 bits per heavy atom. The molecule has 2 aromatic heterocycles. The lowest BCUT2D eigenvalue weighted by Gasteiger charge is -2.09. The van der Waals surface area contributed by atoms with Gasteiger partial charge in [0.1, 0.15) is 18.1 Å². The molecular formula is C19H22N6O3S. The van der Waals surface area contributed by atoms with Crippen LogP contribution in [0.4, 0.5) is 5.69 Å². The predicted octanol–water partition coefficient (Wildman–Crippen LogP) is 4.16. The van der Waals surface area contributed by atoms with Crippen molar-refractivity contribution < 1.29 is 9.66 Å². The molecule has 3 rings (SSSR count). The quantitative estimate of drug-likeness (QED) is 0.153. The van der Waals surface area contributed by atoms with Crippen molar-refractivity contribution in [2.75, 3.05) is 6.61 Å². The van der Waals surface area contributed by atoms with Crippen LogP contribution in [0.1, 0.15) is 19.8 Å². The van der Waals surface area contributed by atoms with Gasteiger partial charge in [0, 0.05) is 12.1 Å². The number of aromatic nitrogens is 5. The van der Waals surface area contributed by atoms with E-state index in [9.17, 15) is 10.1 Å². The molecule has 0 fully saturated rings. The number of ether oxygens (including phenoxy) is 1. The van der Waals surface area contributed by atoms with Crippen LogP contribution in [0.3, 0.4) is 0 Å². The fraction of sp³-hybridized carbons (Fsp3) is 0.316. The van der Waals surface area contributed by atoms with Gasteiger partial charge in [-0.1, -0.05) is 31.2 Å². The zero-order chi connectivity index (χ0) is 20.6. The number of allylic oxidation sites excluding steroid dienone is 1. The first kappa shape index (κ1) is 20.6. The normalized spacial score (nSPS) is 10.8. The molecule has 0 aliphatic carbocycles. The van der Waals surface area contributed by atoms with Gasteiger partial charge >= 0.3 is 5.69 Å². The molecule has 0 aliphatic heterocycles. The fourth-order valence-electron chi connectivity index (χ4n) is 2.58. The fourth-order valence-corrected chi connectivity index (χ4v) is 3.38. The smallest absolute Gasteiger partial charge is 0.307 e. The Morgan fingerprint density at radius 2 is 2.10 bits per heavy atom. The van der Waals surface area contributed by atoms with Gasteiger partial charge in [-0.25, -0.2) is 0 Å². The summed E-state index contributed by atoms with van der Waals surface area (Å²) < 4.78 is 9.15. The van der Waals surface area contributed by atoms with E-state index in [2.05, 4.69) is 28.8 Å². The first-order valence-electron chi connectivity index (χ1n) is 9.19. The third-order valence-electron chi connectivity index (χ3n) is 4.06. The molecule has 152 valence electrons. The van der Waals surface area contributed by atoms with Gasteiger partial charge in [0.2, 0.25) is 0 Å². The summed E-state index contributed by atoms with van der Waals surface area (Å²) in [6.45, 7) is 7.18. The van der Waals surface area contributed by atoms with E-state index >= 15 is 0 Å². The van der Waals surface area contributed by atoms with Crippen molar-refractivity contribution in [1.29, 1.82) is 0 Å². The van der Waals surface area contributed by atoms with Gasteiger partial charge in [-0.05, 0) is 30.7 Å². The van der Waals surface area contributed by atoms with Crippen LogP contribution < -0.4 is 4.74 Å². The van der Waals surface area contributed by atoms with Gasteiger partial charge in [0.05, 0.1) is 17.4 Å². The van der Waals surface area contributed by atoms with E-state index in [0.717, 1.165) is 30.0 Å². The average Bonchev–Trinajstić information content (AvgIpc) is 3.35. The molecular weight excluding hydrogens is 392 g/mol. The van der Waals surface area contributed by atoms with E-state index in [1.165, 1.54) is 28.8 Å². The first-order valence-corrected chi connectivity index (χ1v) is 10.2. The van der Waals surface area contributed by atoms with Crippen LogP contribution in [-0.2, 0) is 12.4 Å². The van der Waals surface area contributed by atoms with E-state index in [4.69, 9.17) is 4.74 Å². The Kier molecular flexibility index (Phi) is 7.01. The molecule has 0 aliphatic rings. The lowest BCUT2D eigenvalue weighted by Crippen LogP contribution is -2.02. The van der Waals surface area contributed by atoms with E-state index in [1.54, 1.807) is 6.08 Å². The summed E-state index contributed by atoms with van der Waals surface area (Å²) in [6, 6.07) is 7.76. The number of benzene rings is 1. The van der Waals surface area contributed by atoms with Crippen LogP contribution in [0.2, 0.25) is 0 Å². The lowest BCUT2D eigenvalue weighted by molar-refractivity contribution is -0.385. The van der Waals surface area contributed by atoms with Gasteiger partial charge in [0.15, 0.2) is 11.0 Å². The highest BCUT2D eigenvalue weighted by atomic mass is 32.2. The molecule has 0 saturated carbocycles. The second kappa shape index (κ2) is 9.87. The van der Waals surface area contributed by atoms with E-state index < -0.39 is 4.92 Å². The van der Waals surface area contributed by atoms with Crippen LogP contribution in [0.15, 0.2) is 54.5 Å². The zero-order valence-electron chi connectivity index (χ0n) is 16.1. The minimum absolute atomic E-state index is 0.0416. The first-order chi connectivity index (χ1) is 14.1. The molecule has 2 heterocycles. The monoisotopic (exact) mass is 414 g/mol. The third-order valence-corrected chi connectivity index (χ3v) is 5.02. The molecule has 0 amide bonds. The summed E-state index contributed by atoms with van der Waals surface area (Å²) in [5.74, 6) is 1.93. The van der Waals surface area contributed by atoms with Crippen molar-refractivity contribution in [3.8, 4) is 17.1 Å². The highest BCUT2D eigenvalue weighted by Crippen LogP contribution is 2.26. The maximum atomic E-state index is 10.8. The Hall–Kier alpha value is -3.14. The second-order valence-corrected chi connectivity index (χ2v) is 7.11. The number of thioether (sulfide) groups is 1. The molecule has 0 spiro atoms. The van der Waals surface area contributed by atoms with E-state index in [0.29, 0.717) is 24.2 Å². The summed E-state index contributed by atoms with van der Waals surface area (Å²) in [6.07, 6.45) is 6.51. The van der Waals surface area contributed by atoms with Crippen LogP contribution in [0.5, 0.6) is 5.75 Å². The van der Waals surface area contributed by atoms with Crippen LogP contribution in [-0.4, -0.2) is 36.1 Å². The van der Waals surface area contributed by atoms with Gasteiger partial charge in [-0.3, -0.25) is 19.4 Å². The second-order valence-electron chi connectivity index (χ2n) is 6.20. The summed E-state index contributed by atoms with van der Waals surface area (Å²) in [5, 5.41) is 24.1. The number of hydrogen-bond acceptors (Lipinski definition) is 7. The highest BCUT2D eigenvalue weighted by molar-refractivity contribution is 7.98. The largest absolute Gasteiger partial charge is 0.494 e. The molecule has 0 saturated heterocycles. The molecule has 0 bridgehead atoms. The van der Waals surface area contributed by atoms with Crippen LogP contribution >= 0.6 is 11.8 Å². The van der Waals surface area contributed by atoms with E-state index in [-0.39, 0.29) is 5.69 Å².